The van der Waals surface area contributed by atoms with Gasteiger partial charge in [-0.1, -0.05) is 6.92 Å². The highest BCUT2D eigenvalue weighted by molar-refractivity contribution is 5.82. The van der Waals surface area contributed by atoms with Crippen LogP contribution in [-0.2, 0) is 4.79 Å². The summed E-state index contributed by atoms with van der Waals surface area (Å²) in [5.74, 6) is -0.449. The van der Waals surface area contributed by atoms with Gasteiger partial charge in [-0.15, -0.1) is 0 Å². The van der Waals surface area contributed by atoms with Gasteiger partial charge >= 0.3 is 5.82 Å². The van der Waals surface area contributed by atoms with E-state index in [4.69, 9.17) is 4.74 Å². The molecule has 0 aliphatic carbocycles. The highest BCUT2D eigenvalue weighted by Gasteiger charge is 2.21. The van der Waals surface area contributed by atoms with Crippen LogP contribution in [0.4, 0.5) is 5.82 Å². The zero-order chi connectivity index (χ0) is 13.0. The third-order valence-electron chi connectivity index (χ3n) is 2.26. The lowest BCUT2D eigenvalue weighted by Gasteiger charge is -2.12. The number of aromatic nitrogens is 1. The van der Waals surface area contributed by atoms with Crippen molar-refractivity contribution >= 4 is 11.6 Å². The van der Waals surface area contributed by atoms with Crippen molar-refractivity contribution in [2.75, 3.05) is 0 Å². The lowest BCUT2D eigenvalue weighted by Crippen LogP contribution is -2.23. The molecular formula is C11H14N2O4. The fourth-order valence-corrected chi connectivity index (χ4v) is 1.30. The van der Waals surface area contributed by atoms with E-state index in [0.717, 1.165) is 0 Å². The lowest BCUT2D eigenvalue weighted by atomic mass is 10.2. The summed E-state index contributed by atoms with van der Waals surface area (Å²) in [6.45, 7) is 4.93. The number of carbonyl (C=O) groups excluding carboxylic acids is 1. The summed E-state index contributed by atoms with van der Waals surface area (Å²) in [7, 11) is 0. The molecule has 0 bridgehead atoms. The number of ether oxygens (including phenoxy) is 1. The van der Waals surface area contributed by atoms with E-state index in [0.29, 0.717) is 12.1 Å². The number of hydrogen-bond acceptors (Lipinski definition) is 5. The SMILES string of the molecule is CCC(=O)C(C)Oc1ccc(C)nc1[N+](=O)[O-]. The van der Waals surface area contributed by atoms with E-state index in [2.05, 4.69) is 4.98 Å². The summed E-state index contributed by atoms with van der Waals surface area (Å²) in [4.78, 5) is 25.3. The summed E-state index contributed by atoms with van der Waals surface area (Å²) in [6, 6.07) is 3.06. The number of hydrogen-bond donors (Lipinski definition) is 0. The molecule has 1 aromatic rings. The molecule has 6 heteroatoms. The van der Waals surface area contributed by atoms with E-state index in [1.165, 1.54) is 6.07 Å². The number of nitro groups is 1. The monoisotopic (exact) mass is 238 g/mol. The van der Waals surface area contributed by atoms with E-state index in [1.54, 1.807) is 26.8 Å². The summed E-state index contributed by atoms with van der Waals surface area (Å²) in [6.07, 6.45) is -0.378. The third kappa shape index (κ3) is 3.24. The van der Waals surface area contributed by atoms with Crippen molar-refractivity contribution in [1.82, 2.24) is 4.98 Å². The van der Waals surface area contributed by atoms with E-state index in [1.807, 2.05) is 0 Å². The first-order chi connectivity index (χ1) is 7.95. The lowest BCUT2D eigenvalue weighted by molar-refractivity contribution is -0.390. The predicted octanol–water partition coefficient (Wildman–Crippen LogP) is 2.04. The number of nitrogens with zero attached hydrogens (tertiary/aromatic N) is 2. The molecule has 1 atom stereocenters. The first-order valence-electron chi connectivity index (χ1n) is 5.27. The number of ketones is 1. The van der Waals surface area contributed by atoms with Crippen molar-refractivity contribution < 1.29 is 14.5 Å². The molecule has 0 saturated carbocycles. The third-order valence-corrected chi connectivity index (χ3v) is 2.26. The van der Waals surface area contributed by atoms with Gasteiger partial charge in [-0.3, -0.25) is 4.79 Å². The van der Waals surface area contributed by atoms with Crippen molar-refractivity contribution in [2.24, 2.45) is 0 Å². The van der Waals surface area contributed by atoms with Crippen molar-refractivity contribution in [3.63, 3.8) is 0 Å². The van der Waals surface area contributed by atoms with Crippen LogP contribution in [0.2, 0.25) is 0 Å². The van der Waals surface area contributed by atoms with E-state index in [-0.39, 0.29) is 17.4 Å². The minimum atomic E-state index is -0.705. The molecule has 0 amide bonds. The van der Waals surface area contributed by atoms with Crippen molar-refractivity contribution in [2.45, 2.75) is 33.3 Å². The molecular weight excluding hydrogens is 224 g/mol. The summed E-state index contributed by atoms with van der Waals surface area (Å²) in [5, 5.41) is 10.8. The van der Waals surface area contributed by atoms with E-state index in [9.17, 15) is 14.9 Å². The number of Topliss-reactive ketones (excluding diaryl/α,β-unsaturated/α-hetero) is 1. The van der Waals surface area contributed by atoms with E-state index < -0.39 is 11.0 Å². The average molecular weight is 238 g/mol. The Kier molecular flexibility index (Phi) is 4.14. The molecule has 0 fully saturated rings. The van der Waals surface area contributed by atoms with Gasteiger partial charge in [-0.05, 0) is 29.0 Å². The Morgan fingerprint density at radius 2 is 2.24 bits per heavy atom. The maximum atomic E-state index is 11.3. The Bertz CT molecular complexity index is 445. The van der Waals surface area contributed by atoms with Crippen LogP contribution in [-0.4, -0.2) is 21.8 Å². The van der Waals surface area contributed by atoms with Crippen LogP contribution in [0.5, 0.6) is 5.75 Å². The maximum Gasteiger partial charge on any atom is 0.406 e. The second kappa shape index (κ2) is 5.38. The van der Waals surface area contributed by atoms with Gasteiger partial charge in [0.15, 0.2) is 11.9 Å². The Labute approximate surface area is 98.8 Å². The van der Waals surface area contributed by atoms with Crippen LogP contribution in [0.15, 0.2) is 12.1 Å². The van der Waals surface area contributed by atoms with Gasteiger partial charge in [0.25, 0.3) is 0 Å². The van der Waals surface area contributed by atoms with Gasteiger partial charge in [0.05, 0.1) is 0 Å². The quantitative estimate of drug-likeness (QED) is 0.579. The molecule has 0 aliphatic heterocycles. The molecule has 0 N–H and O–H groups in total. The summed E-state index contributed by atoms with van der Waals surface area (Å²) in [5.41, 5.74) is 0.526. The standard InChI is InChI=1S/C11H14N2O4/c1-4-9(14)8(3)17-10-6-5-7(2)12-11(10)13(15)16/h5-6,8H,4H2,1-3H3. The highest BCUT2D eigenvalue weighted by Crippen LogP contribution is 2.25. The van der Waals surface area contributed by atoms with Gasteiger partial charge in [0.2, 0.25) is 5.75 Å². The molecule has 17 heavy (non-hydrogen) atoms. The molecule has 0 spiro atoms. The summed E-state index contributed by atoms with van der Waals surface area (Å²) >= 11 is 0. The first kappa shape index (κ1) is 13.1. The van der Waals surface area contributed by atoms with Crippen molar-refractivity contribution in [3.8, 4) is 5.75 Å². The Morgan fingerprint density at radius 3 is 2.76 bits per heavy atom. The summed E-state index contributed by atoms with van der Waals surface area (Å²) < 4.78 is 5.26. The van der Waals surface area contributed by atoms with E-state index >= 15 is 0 Å². The Morgan fingerprint density at radius 1 is 1.59 bits per heavy atom. The van der Waals surface area contributed by atoms with Gasteiger partial charge in [-0.2, -0.15) is 0 Å². The maximum absolute atomic E-state index is 11.3. The second-order valence-corrected chi connectivity index (χ2v) is 3.61. The number of aryl methyl sites for hydroxylation is 1. The fourth-order valence-electron chi connectivity index (χ4n) is 1.30. The van der Waals surface area contributed by atoms with Gasteiger partial charge < -0.3 is 14.9 Å². The zero-order valence-corrected chi connectivity index (χ0v) is 9.97. The fraction of sp³-hybridized carbons (Fsp3) is 0.455. The minimum Gasteiger partial charge on any atom is -0.475 e. The van der Waals surface area contributed by atoms with Crippen molar-refractivity contribution in [3.05, 3.63) is 27.9 Å². The largest absolute Gasteiger partial charge is 0.475 e. The van der Waals surface area contributed by atoms with Crippen LogP contribution in [0.25, 0.3) is 0 Å². The number of carbonyl (C=O) groups is 1. The Balaban J connectivity index is 2.98. The smallest absolute Gasteiger partial charge is 0.406 e. The average Bonchev–Trinajstić information content (AvgIpc) is 2.29. The minimum absolute atomic E-state index is 0.0231. The highest BCUT2D eigenvalue weighted by atomic mass is 16.6. The molecule has 1 rings (SSSR count). The Hall–Kier alpha value is -1.98. The molecule has 0 saturated heterocycles. The van der Waals surface area contributed by atoms with Gasteiger partial charge in [0, 0.05) is 13.3 Å². The van der Waals surface area contributed by atoms with Crippen LogP contribution >= 0.6 is 0 Å². The molecule has 0 aromatic carbocycles. The molecule has 1 aromatic heterocycles. The zero-order valence-electron chi connectivity index (χ0n) is 9.97. The molecule has 6 nitrogen and oxygen atoms in total. The molecule has 0 radical (unpaired) electrons. The molecule has 0 aliphatic rings. The van der Waals surface area contributed by atoms with Crippen molar-refractivity contribution in [1.29, 1.82) is 0 Å². The van der Waals surface area contributed by atoms with Crippen LogP contribution in [0.1, 0.15) is 26.0 Å². The number of pyridine rings is 1. The van der Waals surface area contributed by atoms with Crippen LogP contribution < -0.4 is 4.74 Å². The normalized spacial score (nSPS) is 11.9. The predicted molar refractivity (Wildman–Crippen MR) is 61.0 cm³/mol. The first-order valence-corrected chi connectivity index (χ1v) is 5.27. The van der Waals surface area contributed by atoms with Gasteiger partial charge in [0.1, 0.15) is 5.69 Å². The topological polar surface area (TPSA) is 82.3 Å². The van der Waals surface area contributed by atoms with Crippen LogP contribution in [0, 0.1) is 17.0 Å². The molecule has 1 unspecified atom stereocenters. The molecule has 92 valence electrons. The number of rotatable bonds is 5. The second-order valence-electron chi connectivity index (χ2n) is 3.61. The van der Waals surface area contributed by atoms with Crippen LogP contribution in [0.3, 0.4) is 0 Å². The molecule has 1 heterocycles. The van der Waals surface area contributed by atoms with Gasteiger partial charge in [-0.25, -0.2) is 0 Å².